The van der Waals surface area contributed by atoms with Crippen molar-refractivity contribution in [2.24, 2.45) is 0 Å². The highest BCUT2D eigenvalue weighted by molar-refractivity contribution is 7.09. The first-order valence-corrected chi connectivity index (χ1v) is 8.82. The summed E-state index contributed by atoms with van der Waals surface area (Å²) in [5, 5.41) is 14.5. The van der Waals surface area contributed by atoms with Crippen molar-refractivity contribution in [1.29, 1.82) is 5.26 Å². The van der Waals surface area contributed by atoms with E-state index in [4.69, 9.17) is 5.26 Å². The highest BCUT2D eigenvalue weighted by Gasteiger charge is 2.49. The van der Waals surface area contributed by atoms with Crippen LogP contribution >= 0.6 is 11.3 Å². The molecule has 0 bridgehead atoms. The predicted molar refractivity (Wildman–Crippen MR) is 93.8 cm³/mol. The highest BCUT2D eigenvalue weighted by Crippen LogP contribution is 2.30. The molecule has 2 aromatic rings. The van der Waals surface area contributed by atoms with Gasteiger partial charge in [0.25, 0.3) is 5.91 Å². The van der Waals surface area contributed by atoms with Gasteiger partial charge in [0.05, 0.1) is 28.9 Å². The molecule has 7 heteroatoms. The molecule has 0 radical (unpaired) electrons. The van der Waals surface area contributed by atoms with Crippen LogP contribution in [0.15, 0.2) is 29.6 Å². The van der Waals surface area contributed by atoms with E-state index in [9.17, 15) is 9.59 Å². The number of nitrogens with zero attached hydrogens (tertiary/aromatic N) is 3. The number of aromatic nitrogens is 1. The van der Waals surface area contributed by atoms with Crippen molar-refractivity contribution in [3.63, 3.8) is 0 Å². The summed E-state index contributed by atoms with van der Waals surface area (Å²) < 4.78 is 0. The molecule has 1 aromatic heterocycles. The van der Waals surface area contributed by atoms with Gasteiger partial charge in [0, 0.05) is 11.3 Å². The second-order valence-electron chi connectivity index (χ2n) is 6.47. The summed E-state index contributed by atoms with van der Waals surface area (Å²) in [7, 11) is 0. The number of carbonyl (C=O) groups excluding carboxylic acids is 2. The lowest BCUT2D eigenvalue weighted by atomic mass is 9.91. The third-order valence-electron chi connectivity index (χ3n) is 4.25. The molecule has 6 nitrogen and oxygen atoms in total. The Bertz CT molecular complexity index is 866. The molecule has 0 aliphatic carbocycles. The number of carbonyl (C=O) groups is 2. The van der Waals surface area contributed by atoms with E-state index in [2.05, 4.69) is 24.1 Å². The van der Waals surface area contributed by atoms with E-state index in [1.165, 1.54) is 16.2 Å². The van der Waals surface area contributed by atoms with E-state index in [0.717, 1.165) is 5.01 Å². The van der Waals surface area contributed by atoms with Gasteiger partial charge in [-0.15, -0.1) is 11.3 Å². The van der Waals surface area contributed by atoms with Gasteiger partial charge in [-0.2, -0.15) is 5.26 Å². The topological polar surface area (TPSA) is 86.1 Å². The lowest BCUT2D eigenvalue weighted by molar-refractivity contribution is -0.131. The van der Waals surface area contributed by atoms with Crippen molar-refractivity contribution in [1.82, 2.24) is 15.2 Å². The van der Waals surface area contributed by atoms with Crippen LogP contribution in [0, 0.1) is 11.3 Å². The molecule has 25 heavy (non-hydrogen) atoms. The molecule has 3 rings (SSSR count). The molecule has 2 heterocycles. The molecule has 3 amide bonds. The van der Waals surface area contributed by atoms with Crippen molar-refractivity contribution in [3.05, 3.63) is 51.5 Å². The Labute approximate surface area is 150 Å². The molecule has 1 aliphatic rings. The second kappa shape index (κ2) is 6.30. The average Bonchev–Trinajstić information content (AvgIpc) is 3.15. The third-order valence-corrected chi connectivity index (χ3v) is 5.44. The summed E-state index contributed by atoms with van der Waals surface area (Å²) in [6.45, 7) is 5.94. The van der Waals surface area contributed by atoms with Gasteiger partial charge in [0.1, 0.15) is 5.54 Å². The number of benzene rings is 1. The predicted octanol–water partition coefficient (Wildman–Crippen LogP) is 3.11. The molecule has 1 N–H and O–H groups in total. The van der Waals surface area contributed by atoms with Crippen LogP contribution in [0.4, 0.5) is 4.79 Å². The minimum atomic E-state index is -1.14. The van der Waals surface area contributed by atoms with Crippen LogP contribution < -0.4 is 5.32 Å². The molecular weight excluding hydrogens is 336 g/mol. The first-order chi connectivity index (χ1) is 11.8. The summed E-state index contributed by atoms with van der Waals surface area (Å²) in [4.78, 5) is 30.9. The fraction of sp³-hybridized carbons (Fsp3) is 0.333. The maximum Gasteiger partial charge on any atom is 0.325 e. The SMILES string of the molecule is CC(C)c1nc(CN2C(=O)NC(C)(c3ccc(C#N)cc3)C2=O)cs1. The van der Waals surface area contributed by atoms with Crippen LogP contribution in [0.3, 0.4) is 0 Å². The first-order valence-electron chi connectivity index (χ1n) is 7.94. The summed E-state index contributed by atoms with van der Waals surface area (Å²) in [6, 6.07) is 8.27. The zero-order chi connectivity index (χ0) is 18.2. The monoisotopic (exact) mass is 354 g/mol. The third kappa shape index (κ3) is 3.01. The maximum atomic E-state index is 12.9. The Morgan fingerprint density at radius 2 is 2.00 bits per heavy atom. The van der Waals surface area contributed by atoms with Crippen LogP contribution in [0.2, 0.25) is 0 Å². The Kier molecular flexibility index (Phi) is 4.31. The van der Waals surface area contributed by atoms with Crippen LogP contribution in [0.5, 0.6) is 0 Å². The molecule has 1 atom stereocenters. The molecule has 1 aliphatic heterocycles. The summed E-state index contributed by atoms with van der Waals surface area (Å²) >= 11 is 1.53. The quantitative estimate of drug-likeness (QED) is 0.855. The summed E-state index contributed by atoms with van der Waals surface area (Å²) in [6.07, 6.45) is 0. The lowest BCUT2D eigenvalue weighted by Gasteiger charge is -2.22. The molecule has 0 saturated carbocycles. The number of nitriles is 1. The zero-order valence-electron chi connectivity index (χ0n) is 14.2. The maximum absolute atomic E-state index is 12.9. The van der Waals surface area contributed by atoms with Gasteiger partial charge < -0.3 is 5.32 Å². The van der Waals surface area contributed by atoms with Gasteiger partial charge in [0.15, 0.2) is 0 Å². The standard InChI is InChI=1S/C18H18N4O2S/c1-11(2)15-20-14(10-25-15)9-22-16(23)18(3,21-17(22)24)13-6-4-12(8-19)5-7-13/h4-7,10-11H,9H2,1-3H3,(H,21,24). The highest BCUT2D eigenvalue weighted by atomic mass is 32.1. The van der Waals surface area contributed by atoms with Crippen LogP contribution in [-0.4, -0.2) is 21.8 Å². The van der Waals surface area contributed by atoms with E-state index >= 15 is 0 Å². The van der Waals surface area contributed by atoms with E-state index in [1.807, 2.05) is 11.4 Å². The summed E-state index contributed by atoms with van der Waals surface area (Å²) in [5.74, 6) is -0.00734. The molecular formula is C18H18N4O2S. The lowest BCUT2D eigenvalue weighted by Crippen LogP contribution is -2.40. The number of amides is 3. The Hall–Kier alpha value is -2.72. The van der Waals surface area contributed by atoms with Gasteiger partial charge in [-0.25, -0.2) is 9.78 Å². The number of rotatable bonds is 4. The number of hydrogen-bond acceptors (Lipinski definition) is 5. The smallest absolute Gasteiger partial charge is 0.319 e. The Balaban J connectivity index is 1.84. The van der Waals surface area contributed by atoms with E-state index in [1.54, 1.807) is 31.2 Å². The van der Waals surface area contributed by atoms with Crippen LogP contribution in [0.25, 0.3) is 0 Å². The fourth-order valence-electron chi connectivity index (χ4n) is 2.74. The minimum Gasteiger partial charge on any atom is -0.319 e. The number of imide groups is 1. The van der Waals surface area contributed by atoms with Gasteiger partial charge in [-0.1, -0.05) is 26.0 Å². The van der Waals surface area contributed by atoms with Gasteiger partial charge in [-0.3, -0.25) is 9.69 Å². The van der Waals surface area contributed by atoms with Crippen molar-refractivity contribution in [2.75, 3.05) is 0 Å². The molecule has 0 spiro atoms. The zero-order valence-corrected chi connectivity index (χ0v) is 15.1. The molecule has 1 saturated heterocycles. The Morgan fingerprint density at radius 3 is 2.56 bits per heavy atom. The van der Waals surface area contributed by atoms with Gasteiger partial charge >= 0.3 is 6.03 Å². The second-order valence-corrected chi connectivity index (χ2v) is 7.36. The average molecular weight is 354 g/mol. The van der Waals surface area contributed by atoms with Crippen LogP contribution in [0.1, 0.15) is 48.5 Å². The first kappa shape index (κ1) is 17.1. The van der Waals surface area contributed by atoms with Crippen molar-refractivity contribution < 1.29 is 9.59 Å². The van der Waals surface area contributed by atoms with Gasteiger partial charge in [-0.05, 0) is 24.6 Å². The molecule has 128 valence electrons. The minimum absolute atomic E-state index is 0.153. The van der Waals surface area contributed by atoms with E-state index in [-0.39, 0.29) is 12.5 Å². The fourth-order valence-corrected chi connectivity index (χ4v) is 3.56. The van der Waals surface area contributed by atoms with E-state index in [0.29, 0.717) is 22.7 Å². The van der Waals surface area contributed by atoms with Crippen molar-refractivity contribution in [3.8, 4) is 6.07 Å². The largest absolute Gasteiger partial charge is 0.325 e. The van der Waals surface area contributed by atoms with E-state index < -0.39 is 11.6 Å². The van der Waals surface area contributed by atoms with Crippen molar-refractivity contribution in [2.45, 2.75) is 38.8 Å². The number of thiazole rings is 1. The van der Waals surface area contributed by atoms with Gasteiger partial charge in [0.2, 0.25) is 0 Å². The number of nitrogens with one attached hydrogen (secondary N) is 1. The molecule has 1 aromatic carbocycles. The summed E-state index contributed by atoms with van der Waals surface area (Å²) in [5.41, 5.74) is 0.724. The number of hydrogen-bond donors (Lipinski definition) is 1. The molecule has 1 fully saturated rings. The molecule has 1 unspecified atom stereocenters. The normalized spacial score (nSPS) is 20.0. The Morgan fingerprint density at radius 1 is 1.32 bits per heavy atom. The van der Waals surface area contributed by atoms with Crippen molar-refractivity contribution >= 4 is 23.3 Å². The number of urea groups is 1. The van der Waals surface area contributed by atoms with Crippen LogP contribution in [-0.2, 0) is 16.9 Å².